The molecule has 0 bridgehead atoms. The van der Waals surface area contributed by atoms with Crippen LogP contribution < -0.4 is 10.1 Å². The first-order valence-electron chi connectivity index (χ1n) is 6.73. The first kappa shape index (κ1) is 17.0. The molecular weight excluding hydrogens is 272 g/mol. The maximum absolute atomic E-state index is 10.9. The Morgan fingerprint density at radius 1 is 1.52 bits per heavy atom. The van der Waals surface area contributed by atoms with Crippen LogP contribution in [0.5, 0.6) is 5.75 Å². The lowest BCUT2D eigenvalue weighted by molar-refractivity contribution is -0.124. The number of aliphatic hydroxyl groups excluding tert-OH is 2. The van der Waals surface area contributed by atoms with Crippen molar-refractivity contribution >= 4 is 5.91 Å². The molecule has 1 aromatic carbocycles. The summed E-state index contributed by atoms with van der Waals surface area (Å²) in [6.07, 6.45) is -0.163. The van der Waals surface area contributed by atoms with Crippen LogP contribution in [0.3, 0.4) is 0 Å². The maximum Gasteiger partial charge on any atom is 0.245 e. The smallest absolute Gasteiger partial charge is 0.245 e. The van der Waals surface area contributed by atoms with Crippen LogP contribution in [0.25, 0.3) is 0 Å². The second kappa shape index (κ2) is 8.25. The van der Waals surface area contributed by atoms with E-state index in [1.165, 1.54) is 0 Å². The van der Waals surface area contributed by atoms with Gasteiger partial charge in [-0.05, 0) is 36.6 Å². The summed E-state index contributed by atoms with van der Waals surface area (Å²) < 4.78 is 5.61. The van der Waals surface area contributed by atoms with E-state index >= 15 is 0 Å². The third kappa shape index (κ3) is 5.06. The SMILES string of the molecule is CCc1cc(C#N)cc(C)c1OCC(O)CNC(=O)CO. The maximum atomic E-state index is 10.9. The molecule has 0 aromatic heterocycles. The Balaban J connectivity index is 2.67. The van der Waals surface area contributed by atoms with Gasteiger partial charge in [-0.2, -0.15) is 5.26 Å². The summed E-state index contributed by atoms with van der Waals surface area (Å²) in [6.45, 7) is 3.22. The van der Waals surface area contributed by atoms with Gasteiger partial charge in [0.15, 0.2) is 0 Å². The fourth-order valence-electron chi connectivity index (χ4n) is 1.91. The Hall–Kier alpha value is -2.10. The van der Waals surface area contributed by atoms with Crippen molar-refractivity contribution in [3.63, 3.8) is 0 Å². The zero-order valence-corrected chi connectivity index (χ0v) is 12.2. The van der Waals surface area contributed by atoms with E-state index in [9.17, 15) is 9.90 Å². The molecule has 1 amide bonds. The van der Waals surface area contributed by atoms with Gasteiger partial charge in [-0.1, -0.05) is 6.92 Å². The third-order valence-electron chi connectivity index (χ3n) is 2.96. The number of nitrogens with one attached hydrogen (secondary N) is 1. The third-order valence-corrected chi connectivity index (χ3v) is 2.96. The molecule has 1 aromatic rings. The Morgan fingerprint density at radius 3 is 2.81 bits per heavy atom. The summed E-state index contributed by atoms with van der Waals surface area (Å²) in [5.41, 5.74) is 2.31. The van der Waals surface area contributed by atoms with Crippen LogP contribution in [0, 0.1) is 18.3 Å². The lowest BCUT2D eigenvalue weighted by Crippen LogP contribution is -2.36. The van der Waals surface area contributed by atoms with E-state index in [1.54, 1.807) is 12.1 Å². The van der Waals surface area contributed by atoms with Crippen LogP contribution in [0.4, 0.5) is 0 Å². The van der Waals surface area contributed by atoms with E-state index in [2.05, 4.69) is 11.4 Å². The van der Waals surface area contributed by atoms with Gasteiger partial charge in [0.1, 0.15) is 25.1 Å². The molecule has 6 nitrogen and oxygen atoms in total. The second-order valence-corrected chi connectivity index (χ2v) is 4.67. The van der Waals surface area contributed by atoms with Crippen molar-refractivity contribution in [2.24, 2.45) is 0 Å². The molecule has 3 N–H and O–H groups in total. The zero-order chi connectivity index (χ0) is 15.8. The van der Waals surface area contributed by atoms with Crippen LogP contribution >= 0.6 is 0 Å². The Bertz CT molecular complexity index is 537. The first-order chi connectivity index (χ1) is 10.0. The van der Waals surface area contributed by atoms with Crippen molar-refractivity contribution in [1.29, 1.82) is 5.26 Å². The Kier molecular flexibility index (Phi) is 6.66. The van der Waals surface area contributed by atoms with Crippen molar-refractivity contribution < 1.29 is 19.7 Å². The van der Waals surface area contributed by atoms with Gasteiger partial charge in [-0.25, -0.2) is 0 Å². The van der Waals surface area contributed by atoms with Gasteiger partial charge in [-0.15, -0.1) is 0 Å². The van der Waals surface area contributed by atoms with Crippen LogP contribution in [0.1, 0.15) is 23.6 Å². The predicted molar refractivity (Wildman–Crippen MR) is 76.9 cm³/mol. The number of hydrogen-bond donors (Lipinski definition) is 3. The standard InChI is InChI=1S/C15H20N2O4/c1-3-12-5-11(6-16)4-10(2)15(12)21-9-13(19)7-17-14(20)8-18/h4-5,13,18-19H,3,7-9H2,1-2H3,(H,17,20). The molecular formula is C15H20N2O4. The number of ether oxygens (including phenoxy) is 1. The normalized spacial score (nSPS) is 11.6. The minimum atomic E-state index is -0.875. The molecule has 0 radical (unpaired) electrons. The molecule has 1 rings (SSSR count). The number of benzene rings is 1. The van der Waals surface area contributed by atoms with Crippen molar-refractivity contribution in [3.8, 4) is 11.8 Å². The first-order valence-corrected chi connectivity index (χ1v) is 6.73. The number of nitrogens with zero attached hydrogens (tertiary/aromatic N) is 1. The number of carbonyl (C=O) groups is 1. The van der Waals surface area contributed by atoms with E-state index in [1.807, 2.05) is 13.8 Å². The fourth-order valence-corrected chi connectivity index (χ4v) is 1.91. The average Bonchev–Trinajstić information content (AvgIpc) is 2.50. The van der Waals surface area contributed by atoms with Crippen molar-refractivity contribution in [2.45, 2.75) is 26.4 Å². The molecule has 0 aliphatic rings. The van der Waals surface area contributed by atoms with Crippen LogP contribution in [0.2, 0.25) is 0 Å². The largest absolute Gasteiger partial charge is 0.490 e. The molecule has 0 spiro atoms. The minimum absolute atomic E-state index is 0.0101. The summed E-state index contributed by atoms with van der Waals surface area (Å²) in [5, 5.41) is 29.6. The topological polar surface area (TPSA) is 103 Å². The van der Waals surface area contributed by atoms with Crippen LogP contribution in [-0.4, -0.2) is 42.0 Å². The lowest BCUT2D eigenvalue weighted by Gasteiger charge is -2.17. The van der Waals surface area contributed by atoms with E-state index in [0.29, 0.717) is 17.7 Å². The molecule has 0 heterocycles. The summed E-state index contributed by atoms with van der Waals surface area (Å²) in [6, 6.07) is 5.59. The highest BCUT2D eigenvalue weighted by molar-refractivity contribution is 5.76. The molecule has 21 heavy (non-hydrogen) atoms. The molecule has 1 unspecified atom stereocenters. The molecule has 0 aliphatic heterocycles. The summed E-state index contributed by atoms with van der Waals surface area (Å²) >= 11 is 0. The Labute approximate surface area is 124 Å². The van der Waals surface area contributed by atoms with Gasteiger partial charge in [0.05, 0.1) is 11.6 Å². The van der Waals surface area contributed by atoms with Gasteiger partial charge >= 0.3 is 0 Å². The van der Waals surface area contributed by atoms with Gasteiger partial charge in [0.2, 0.25) is 5.91 Å². The molecule has 0 aliphatic carbocycles. The predicted octanol–water partition coefficient (Wildman–Crippen LogP) is 0.277. The number of hydrogen-bond acceptors (Lipinski definition) is 5. The van der Waals surface area contributed by atoms with Crippen molar-refractivity contribution in [1.82, 2.24) is 5.32 Å². The molecule has 0 saturated heterocycles. The van der Waals surface area contributed by atoms with Gasteiger partial charge in [0.25, 0.3) is 0 Å². The molecule has 0 fully saturated rings. The fraction of sp³-hybridized carbons (Fsp3) is 0.467. The van der Waals surface area contributed by atoms with Gasteiger partial charge < -0.3 is 20.3 Å². The molecule has 114 valence electrons. The average molecular weight is 292 g/mol. The quantitative estimate of drug-likeness (QED) is 0.670. The molecule has 0 saturated carbocycles. The summed E-state index contributed by atoms with van der Waals surface area (Å²) in [4.78, 5) is 10.9. The van der Waals surface area contributed by atoms with Crippen LogP contribution in [0.15, 0.2) is 12.1 Å². The highest BCUT2D eigenvalue weighted by Gasteiger charge is 2.12. The lowest BCUT2D eigenvalue weighted by atomic mass is 10.0. The highest BCUT2D eigenvalue weighted by Crippen LogP contribution is 2.26. The van der Waals surface area contributed by atoms with Gasteiger partial charge in [-0.3, -0.25) is 4.79 Å². The van der Waals surface area contributed by atoms with Gasteiger partial charge in [0, 0.05) is 6.54 Å². The van der Waals surface area contributed by atoms with E-state index in [4.69, 9.17) is 15.1 Å². The number of aryl methyl sites for hydroxylation is 2. The van der Waals surface area contributed by atoms with E-state index in [-0.39, 0.29) is 13.2 Å². The van der Waals surface area contributed by atoms with E-state index < -0.39 is 18.6 Å². The summed E-state index contributed by atoms with van der Waals surface area (Å²) in [7, 11) is 0. The number of aliphatic hydroxyl groups is 2. The minimum Gasteiger partial charge on any atom is -0.490 e. The monoisotopic (exact) mass is 292 g/mol. The number of amides is 1. The van der Waals surface area contributed by atoms with Crippen LogP contribution in [-0.2, 0) is 11.2 Å². The van der Waals surface area contributed by atoms with Crippen molar-refractivity contribution in [3.05, 3.63) is 28.8 Å². The second-order valence-electron chi connectivity index (χ2n) is 4.67. The molecule has 6 heteroatoms. The summed E-state index contributed by atoms with van der Waals surface area (Å²) in [5.74, 6) is 0.113. The Morgan fingerprint density at radius 2 is 2.24 bits per heavy atom. The highest BCUT2D eigenvalue weighted by atomic mass is 16.5. The van der Waals surface area contributed by atoms with Crippen molar-refractivity contribution in [2.75, 3.05) is 19.8 Å². The van der Waals surface area contributed by atoms with E-state index in [0.717, 1.165) is 11.1 Å². The molecule has 1 atom stereocenters. The number of rotatable bonds is 7. The number of nitriles is 1. The zero-order valence-electron chi connectivity index (χ0n) is 12.2. The number of carbonyl (C=O) groups excluding carboxylic acids is 1.